The van der Waals surface area contributed by atoms with E-state index in [0.29, 0.717) is 13.2 Å². The standard InChI is InChI=1S/C8H15F3O5S/c1-3-14-7(15-4-2)5-6-16-17(12,13)8(9,10)11/h7H,3-6H2,1-2H3. The van der Waals surface area contributed by atoms with Gasteiger partial charge in [-0.2, -0.15) is 21.6 Å². The Morgan fingerprint density at radius 1 is 1.12 bits per heavy atom. The lowest BCUT2D eigenvalue weighted by Gasteiger charge is -2.16. The van der Waals surface area contributed by atoms with Gasteiger partial charge in [-0.25, -0.2) is 0 Å². The summed E-state index contributed by atoms with van der Waals surface area (Å²) >= 11 is 0. The second-order valence-electron chi connectivity index (χ2n) is 2.85. The molecular weight excluding hydrogens is 265 g/mol. The molecule has 0 radical (unpaired) electrons. The van der Waals surface area contributed by atoms with Gasteiger partial charge < -0.3 is 9.47 Å². The molecule has 0 rings (SSSR count). The van der Waals surface area contributed by atoms with Crippen LogP contribution in [-0.4, -0.2) is 40.0 Å². The molecule has 0 aromatic rings. The van der Waals surface area contributed by atoms with Gasteiger partial charge in [0.05, 0.1) is 6.61 Å². The quantitative estimate of drug-likeness (QED) is 0.384. The SMILES string of the molecule is CCOC(CCOS(=O)(=O)C(F)(F)F)OCC. The fraction of sp³-hybridized carbons (Fsp3) is 1.00. The summed E-state index contributed by atoms with van der Waals surface area (Å²) in [4.78, 5) is 0. The summed E-state index contributed by atoms with van der Waals surface area (Å²) in [5.74, 6) is 0. The molecule has 0 aromatic carbocycles. The third-order valence-corrected chi connectivity index (χ3v) is 2.62. The lowest BCUT2D eigenvalue weighted by molar-refractivity contribution is -0.143. The van der Waals surface area contributed by atoms with Gasteiger partial charge in [-0.3, -0.25) is 4.18 Å². The zero-order valence-electron chi connectivity index (χ0n) is 9.49. The van der Waals surface area contributed by atoms with Crippen LogP contribution in [0, 0.1) is 0 Å². The number of hydrogen-bond acceptors (Lipinski definition) is 5. The zero-order valence-corrected chi connectivity index (χ0v) is 10.3. The number of hydrogen-bond donors (Lipinski definition) is 0. The van der Waals surface area contributed by atoms with E-state index in [0.717, 1.165) is 0 Å². The number of rotatable bonds is 8. The highest BCUT2D eigenvalue weighted by Crippen LogP contribution is 2.24. The van der Waals surface area contributed by atoms with Gasteiger partial charge in [0.25, 0.3) is 0 Å². The van der Waals surface area contributed by atoms with Crippen molar-refractivity contribution in [3.63, 3.8) is 0 Å². The van der Waals surface area contributed by atoms with E-state index < -0.39 is 28.5 Å². The molecule has 0 aliphatic rings. The third kappa shape index (κ3) is 6.20. The highest BCUT2D eigenvalue weighted by atomic mass is 32.2. The van der Waals surface area contributed by atoms with Gasteiger partial charge in [0.2, 0.25) is 0 Å². The second-order valence-corrected chi connectivity index (χ2v) is 4.46. The molecule has 17 heavy (non-hydrogen) atoms. The van der Waals surface area contributed by atoms with Crippen LogP contribution in [-0.2, 0) is 23.8 Å². The first-order valence-corrected chi connectivity index (χ1v) is 6.34. The smallest absolute Gasteiger partial charge is 0.353 e. The minimum atomic E-state index is -5.53. The van der Waals surface area contributed by atoms with Gasteiger partial charge in [0, 0.05) is 19.6 Å². The maximum Gasteiger partial charge on any atom is 0.523 e. The van der Waals surface area contributed by atoms with Gasteiger partial charge in [0.15, 0.2) is 6.29 Å². The van der Waals surface area contributed by atoms with E-state index in [4.69, 9.17) is 9.47 Å². The topological polar surface area (TPSA) is 61.8 Å². The van der Waals surface area contributed by atoms with E-state index in [1.807, 2.05) is 0 Å². The van der Waals surface area contributed by atoms with Crippen LogP contribution in [0.15, 0.2) is 0 Å². The summed E-state index contributed by atoms with van der Waals surface area (Å²) in [6, 6.07) is 0. The molecule has 0 aliphatic carbocycles. The first-order valence-electron chi connectivity index (χ1n) is 4.93. The van der Waals surface area contributed by atoms with Crippen LogP contribution in [0.5, 0.6) is 0 Å². The van der Waals surface area contributed by atoms with Crippen LogP contribution in [0.2, 0.25) is 0 Å². The molecule has 0 saturated heterocycles. The Bertz CT molecular complexity index is 295. The van der Waals surface area contributed by atoms with Gasteiger partial charge >= 0.3 is 15.6 Å². The van der Waals surface area contributed by atoms with E-state index in [9.17, 15) is 21.6 Å². The maximum absolute atomic E-state index is 11.9. The number of ether oxygens (including phenoxy) is 2. The normalized spacial score (nSPS) is 13.3. The Balaban J connectivity index is 4.12. The van der Waals surface area contributed by atoms with Crippen molar-refractivity contribution >= 4 is 10.1 Å². The molecule has 104 valence electrons. The Morgan fingerprint density at radius 2 is 1.59 bits per heavy atom. The summed E-state index contributed by atoms with van der Waals surface area (Å²) in [6.07, 6.45) is -0.870. The molecule has 0 spiro atoms. The third-order valence-electron chi connectivity index (χ3n) is 1.58. The highest BCUT2D eigenvalue weighted by molar-refractivity contribution is 7.87. The Labute approximate surface area is 98.0 Å². The molecule has 0 saturated carbocycles. The summed E-state index contributed by atoms with van der Waals surface area (Å²) in [5, 5.41) is 0. The van der Waals surface area contributed by atoms with Crippen molar-refractivity contribution in [1.29, 1.82) is 0 Å². The van der Waals surface area contributed by atoms with Crippen molar-refractivity contribution in [1.82, 2.24) is 0 Å². The van der Waals surface area contributed by atoms with Crippen molar-refractivity contribution in [3.05, 3.63) is 0 Å². The van der Waals surface area contributed by atoms with Crippen LogP contribution in [0.4, 0.5) is 13.2 Å². The Hall–Kier alpha value is -0.380. The van der Waals surface area contributed by atoms with Crippen molar-refractivity contribution < 1.29 is 35.2 Å². The molecule has 0 aliphatic heterocycles. The van der Waals surface area contributed by atoms with Crippen LogP contribution >= 0.6 is 0 Å². The second kappa shape index (κ2) is 7.14. The van der Waals surface area contributed by atoms with Crippen molar-refractivity contribution in [2.45, 2.75) is 32.1 Å². The molecule has 0 N–H and O–H groups in total. The fourth-order valence-corrected chi connectivity index (χ4v) is 1.36. The van der Waals surface area contributed by atoms with Crippen molar-refractivity contribution in [3.8, 4) is 0 Å². The van der Waals surface area contributed by atoms with Crippen LogP contribution in [0.1, 0.15) is 20.3 Å². The molecular formula is C8H15F3O5S. The van der Waals surface area contributed by atoms with Crippen LogP contribution < -0.4 is 0 Å². The summed E-state index contributed by atoms with van der Waals surface area (Å²) in [6.45, 7) is 3.32. The van der Waals surface area contributed by atoms with E-state index in [2.05, 4.69) is 4.18 Å². The maximum atomic E-state index is 11.9. The highest BCUT2D eigenvalue weighted by Gasteiger charge is 2.47. The summed E-state index contributed by atoms with van der Waals surface area (Å²) < 4.78 is 70.5. The largest absolute Gasteiger partial charge is 0.523 e. The first-order chi connectivity index (χ1) is 7.74. The van der Waals surface area contributed by atoms with Gasteiger partial charge in [0.1, 0.15) is 0 Å². The molecule has 0 bridgehead atoms. The summed E-state index contributed by atoms with van der Waals surface area (Å²) in [5.41, 5.74) is -5.40. The molecule has 0 atom stereocenters. The monoisotopic (exact) mass is 280 g/mol. The minimum absolute atomic E-state index is 0.100. The Kier molecular flexibility index (Phi) is 6.98. The molecule has 0 aromatic heterocycles. The van der Waals surface area contributed by atoms with Crippen molar-refractivity contribution in [2.24, 2.45) is 0 Å². The van der Waals surface area contributed by atoms with Crippen LogP contribution in [0.25, 0.3) is 0 Å². The van der Waals surface area contributed by atoms with E-state index in [1.54, 1.807) is 13.8 Å². The summed E-state index contributed by atoms with van der Waals surface area (Å²) in [7, 11) is -5.53. The van der Waals surface area contributed by atoms with E-state index >= 15 is 0 Å². The molecule has 0 heterocycles. The zero-order chi connectivity index (χ0) is 13.5. The molecule has 0 amide bonds. The minimum Gasteiger partial charge on any atom is -0.353 e. The molecule has 0 unspecified atom stereocenters. The van der Waals surface area contributed by atoms with Gasteiger partial charge in [-0.05, 0) is 13.8 Å². The van der Waals surface area contributed by atoms with Gasteiger partial charge in [-0.15, -0.1) is 0 Å². The lowest BCUT2D eigenvalue weighted by Crippen LogP contribution is -2.27. The first kappa shape index (κ1) is 16.6. The van der Waals surface area contributed by atoms with Crippen molar-refractivity contribution in [2.75, 3.05) is 19.8 Å². The molecule has 9 heteroatoms. The fourth-order valence-electron chi connectivity index (χ4n) is 0.907. The molecule has 5 nitrogen and oxygen atoms in total. The average Bonchev–Trinajstić information content (AvgIpc) is 2.16. The predicted octanol–water partition coefficient (Wildman–Crippen LogP) is 1.64. The average molecular weight is 280 g/mol. The lowest BCUT2D eigenvalue weighted by atomic mass is 10.4. The van der Waals surface area contributed by atoms with E-state index in [1.165, 1.54) is 0 Å². The van der Waals surface area contributed by atoms with E-state index in [-0.39, 0.29) is 6.42 Å². The Morgan fingerprint density at radius 3 is 1.94 bits per heavy atom. The number of halogens is 3. The molecule has 0 fully saturated rings. The van der Waals surface area contributed by atoms with Crippen LogP contribution in [0.3, 0.4) is 0 Å². The van der Waals surface area contributed by atoms with Gasteiger partial charge in [-0.1, -0.05) is 0 Å². The number of alkyl halides is 3. The predicted molar refractivity (Wildman–Crippen MR) is 52.6 cm³/mol.